The minimum Gasteiger partial charge on any atom is -0.291 e. The minimum atomic E-state index is -0.147. The Bertz CT molecular complexity index is 586. The van der Waals surface area contributed by atoms with Gasteiger partial charge in [0.25, 0.3) is 5.56 Å². The zero-order chi connectivity index (χ0) is 12.3. The van der Waals surface area contributed by atoms with Crippen LogP contribution in [0.4, 0.5) is 5.95 Å². The number of nitrogens with one attached hydrogen (secondary N) is 2. The van der Waals surface area contributed by atoms with Crippen molar-refractivity contribution >= 4 is 23.5 Å². The van der Waals surface area contributed by atoms with Crippen molar-refractivity contribution in [3.05, 3.63) is 44.0 Å². The van der Waals surface area contributed by atoms with Crippen LogP contribution >= 0.6 is 11.3 Å². The number of hydrogen-bond donors (Lipinski definition) is 2. The second-order valence-corrected chi connectivity index (χ2v) is 4.49. The molecule has 0 fully saturated rings. The predicted molar refractivity (Wildman–Crippen MR) is 69.9 cm³/mol. The number of anilines is 1. The molecule has 0 unspecified atom stereocenters. The summed E-state index contributed by atoms with van der Waals surface area (Å²) in [7, 11) is 0. The monoisotopic (exact) mass is 248 g/mol. The third-order valence-corrected chi connectivity index (χ3v) is 3.11. The van der Waals surface area contributed by atoms with Crippen LogP contribution in [-0.4, -0.2) is 16.2 Å². The molecule has 0 atom stereocenters. The molecule has 5 nitrogen and oxygen atoms in total. The fourth-order valence-electron chi connectivity index (χ4n) is 1.22. The Kier molecular flexibility index (Phi) is 3.34. The van der Waals surface area contributed by atoms with E-state index >= 15 is 0 Å². The molecule has 0 saturated heterocycles. The lowest BCUT2D eigenvalue weighted by molar-refractivity contribution is 1.01. The van der Waals surface area contributed by atoms with E-state index in [9.17, 15) is 4.79 Å². The van der Waals surface area contributed by atoms with E-state index < -0.39 is 0 Å². The molecule has 0 amide bonds. The Morgan fingerprint density at radius 3 is 3.00 bits per heavy atom. The van der Waals surface area contributed by atoms with Crippen LogP contribution in [0.25, 0.3) is 0 Å². The largest absolute Gasteiger partial charge is 0.291 e. The van der Waals surface area contributed by atoms with Gasteiger partial charge < -0.3 is 0 Å². The maximum Gasteiger partial charge on any atom is 0.255 e. The van der Waals surface area contributed by atoms with Gasteiger partial charge in [-0.15, -0.1) is 11.3 Å². The molecule has 88 valence electrons. The number of aromatic nitrogens is 2. The highest BCUT2D eigenvalue weighted by atomic mass is 32.1. The van der Waals surface area contributed by atoms with Gasteiger partial charge in [-0.1, -0.05) is 6.07 Å². The summed E-state index contributed by atoms with van der Waals surface area (Å²) in [6.07, 6.45) is 1.68. The first-order chi connectivity index (χ1) is 8.16. The Morgan fingerprint density at radius 1 is 1.53 bits per heavy atom. The Balaban J connectivity index is 2.12. The first-order valence-corrected chi connectivity index (χ1v) is 5.95. The Hall–Kier alpha value is -1.95. The van der Waals surface area contributed by atoms with Crippen molar-refractivity contribution in [2.24, 2.45) is 5.10 Å². The van der Waals surface area contributed by atoms with Crippen molar-refractivity contribution in [2.45, 2.75) is 13.8 Å². The predicted octanol–water partition coefficient (Wildman–Crippen LogP) is 1.89. The summed E-state index contributed by atoms with van der Waals surface area (Å²) in [5, 5.41) is 5.97. The van der Waals surface area contributed by atoms with Crippen molar-refractivity contribution in [3.63, 3.8) is 0 Å². The lowest BCUT2D eigenvalue weighted by Gasteiger charge is -2.02. The highest BCUT2D eigenvalue weighted by Crippen LogP contribution is 2.05. The molecule has 2 N–H and O–H groups in total. The molecule has 17 heavy (non-hydrogen) atoms. The molecular formula is C11H12N4OS. The molecule has 0 aliphatic rings. The van der Waals surface area contributed by atoms with Crippen molar-refractivity contribution < 1.29 is 0 Å². The topological polar surface area (TPSA) is 70.1 Å². The van der Waals surface area contributed by atoms with Gasteiger partial charge in [0, 0.05) is 16.1 Å². The van der Waals surface area contributed by atoms with Gasteiger partial charge in [-0.2, -0.15) is 5.10 Å². The van der Waals surface area contributed by atoms with E-state index in [0.29, 0.717) is 17.2 Å². The number of aromatic amines is 1. The standard InChI is InChI=1S/C11H12N4OS/c1-7-8(2)13-11(14-10(7)16)15-12-6-9-4-3-5-17-9/h3-6H,1-2H3,(H2,13,14,15,16)/b12-6-. The summed E-state index contributed by atoms with van der Waals surface area (Å²) in [4.78, 5) is 19.3. The lowest BCUT2D eigenvalue weighted by atomic mass is 10.3. The van der Waals surface area contributed by atoms with Crippen LogP contribution in [0.2, 0.25) is 0 Å². The number of thiophene rings is 1. The van der Waals surface area contributed by atoms with E-state index in [-0.39, 0.29) is 5.56 Å². The third kappa shape index (κ3) is 2.79. The molecule has 0 spiro atoms. The highest BCUT2D eigenvalue weighted by Gasteiger charge is 2.01. The average molecular weight is 248 g/mol. The molecule has 2 heterocycles. The number of H-pyrrole nitrogens is 1. The summed E-state index contributed by atoms with van der Waals surface area (Å²) < 4.78 is 0. The van der Waals surface area contributed by atoms with Gasteiger partial charge in [0.15, 0.2) is 0 Å². The molecule has 0 aliphatic carbocycles. The summed E-state index contributed by atoms with van der Waals surface area (Å²) >= 11 is 1.59. The molecule has 6 heteroatoms. The average Bonchev–Trinajstić information content (AvgIpc) is 2.79. The number of hydrogen-bond acceptors (Lipinski definition) is 5. The smallest absolute Gasteiger partial charge is 0.255 e. The number of hydrazone groups is 1. The van der Waals surface area contributed by atoms with Crippen LogP contribution in [0.1, 0.15) is 16.1 Å². The summed E-state index contributed by atoms with van der Waals surface area (Å²) in [5.74, 6) is 0.353. The first-order valence-electron chi connectivity index (χ1n) is 5.07. The Morgan fingerprint density at radius 2 is 2.35 bits per heavy atom. The zero-order valence-electron chi connectivity index (χ0n) is 9.52. The second kappa shape index (κ2) is 4.92. The normalized spacial score (nSPS) is 10.9. The second-order valence-electron chi connectivity index (χ2n) is 3.51. The van der Waals surface area contributed by atoms with Crippen molar-refractivity contribution in [1.82, 2.24) is 9.97 Å². The van der Waals surface area contributed by atoms with Crippen LogP contribution in [0, 0.1) is 13.8 Å². The fraction of sp³-hybridized carbons (Fsp3) is 0.182. The van der Waals surface area contributed by atoms with Crippen molar-refractivity contribution in [2.75, 3.05) is 5.43 Å². The van der Waals surface area contributed by atoms with E-state index in [1.807, 2.05) is 17.5 Å². The van der Waals surface area contributed by atoms with Gasteiger partial charge in [0.1, 0.15) is 0 Å². The third-order valence-electron chi connectivity index (χ3n) is 2.30. The van der Waals surface area contributed by atoms with E-state index in [1.165, 1.54) is 0 Å². The van der Waals surface area contributed by atoms with Gasteiger partial charge in [-0.05, 0) is 25.3 Å². The number of rotatable bonds is 3. The molecule has 2 aromatic rings. The first kappa shape index (κ1) is 11.5. The van der Waals surface area contributed by atoms with Crippen LogP contribution in [0.3, 0.4) is 0 Å². The quantitative estimate of drug-likeness (QED) is 0.643. The van der Waals surface area contributed by atoms with Crippen LogP contribution in [-0.2, 0) is 0 Å². The van der Waals surface area contributed by atoms with E-state index in [4.69, 9.17) is 0 Å². The van der Waals surface area contributed by atoms with Gasteiger partial charge in [0.2, 0.25) is 5.95 Å². The SMILES string of the molecule is Cc1nc(N/N=C\c2cccs2)[nH]c(=O)c1C. The molecule has 0 aliphatic heterocycles. The van der Waals surface area contributed by atoms with E-state index in [2.05, 4.69) is 20.5 Å². The van der Waals surface area contributed by atoms with E-state index in [0.717, 1.165) is 4.88 Å². The molecule has 2 aromatic heterocycles. The van der Waals surface area contributed by atoms with Crippen molar-refractivity contribution in [3.8, 4) is 0 Å². The molecule has 0 aromatic carbocycles. The number of nitrogens with zero attached hydrogens (tertiary/aromatic N) is 2. The summed E-state index contributed by atoms with van der Waals surface area (Å²) in [5.41, 5.74) is 3.87. The van der Waals surface area contributed by atoms with E-state index in [1.54, 1.807) is 31.4 Å². The summed E-state index contributed by atoms with van der Waals surface area (Å²) in [6.45, 7) is 3.53. The Labute approximate surface area is 102 Å². The summed E-state index contributed by atoms with van der Waals surface area (Å²) in [6, 6.07) is 3.90. The minimum absolute atomic E-state index is 0.147. The number of aryl methyl sites for hydroxylation is 1. The maximum atomic E-state index is 11.5. The van der Waals surface area contributed by atoms with Gasteiger partial charge in [0.05, 0.1) is 6.21 Å². The van der Waals surface area contributed by atoms with Gasteiger partial charge >= 0.3 is 0 Å². The fourth-order valence-corrected chi connectivity index (χ4v) is 1.80. The molecule has 0 saturated carbocycles. The molecule has 2 rings (SSSR count). The molecule has 0 radical (unpaired) electrons. The van der Waals surface area contributed by atoms with Crippen LogP contribution in [0.5, 0.6) is 0 Å². The zero-order valence-corrected chi connectivity index (χ0v) is 10.3. The van der Waals surface area contributed by atoms with Crippen LogP contribution < -0.4 is 11.0 Å². The molecular weight excluding hydrogens is 236 g/mol. The van der Waals surface area contributed by atoms with Gasteiger partial charge in [-0.25, -0.2) is 10.4 Å². The lowest BCUT2D eigenvalue weighted by Crippen LogP contribution is -2.15. The highest BCUT2D eigenvalue weighted by molar-refractivity contribution is 7.11. The van der Waals surface area contributed by atoms with Crippen LogP contribution in [0.15, 0.2) is 27.4 Å². The van der Waals surface area contributed by atoms with Crippen molar-refractivity contribution in [1.29, 1.82) is 0 Å². The molecule has 0 bridgehead atoms. The van der Waals surface area contributed by atoms with Gasteiger partial charge in [-0.3, -0.25) is 9.78 Å². The maximum absolute atomic E-state index is 11.5.